The molecule has 2 aliphatic heterocycles. The Balaban J connectivity index is 1.66. The van der Waals surface area contributed by atoms with Crippen LogP contribution in [0.1, 0.15) is 23.0 Å². The summed E-state index contributed by atoms with van der Waals surface area (Å²) in [5.74, 6) is -0.623. The van der Waals surface area contributed by atoms with E-state index >= 15 is 0 Å². The minimum Gasteiger partial charge on any atom is -0.478 e. The van der Waals surface area contributed by atoms with Gasteiger partial charge in [0, 0.05) is 16.7 Å². The normalized spacial score (nSPS) is 17.8. The summed E-state index contributed by atoms with van der Waals surface area (Å²) in [4.78, 5) is 29.9. The highest BCUT2D eigenvalue weighted by Crippen LogP contribution is 2.33. The lowest BCUT2D eigenvalue weighted by Gasteiger charge is -2.21. The standard InChI is InChI=1S/C19H13N3O4S/c1-10-9-22-16(20)14(17(23)21-19(22)27-10)8-13-5-6-15(26-13)11-3-2-4-12(7-11)18(24)25/h2-9,20H,1H3,(H,24,25). The van der Waals surface area contributed by atoms with Gasteiger partial charge in [-0.15, -0.1) is 0 Å². The lowest BCUT2D eigenvalue weighted by atomic mass is 10.1. The van der Waals surface area contributed by atoms with Crippen molar-refractivity contribution in [1.82, 2.24) is 4.90 Å². The van der Waals surface area contributed by atoms with Gasteiger partial charge in [-0.3, -0.25) is 15.1 Å². The summed E-state index contributed by atoms with van der Waals surface area (Å²) < 4.78 is 5.73. The highest BCUT2D eigenvalue weighted by Gasteiger charge is 2.33. The van der Waals surface area contributed by atoms with Crippen LogP contribution in [0.15, 0.2) is 62.5 Å². The first-order chi connectivity index (χ1) is 12.9. The van der Waals surface area contributed by atoms with Crippen molar-refractivity contribution in [3.63, 3.8) is 0 Å². The Hall–Kier alpha value is -3.39. The first kappa shape index (κ1) is 17.0. The van der Waals surface area contributed by atoms with Crippen molar-refractivity contribution in [2.24, 2.45) is 4.99 Å². The van der Waals surface area contributed by atoms with Gasteiger partial charge < -0.3 is 9.52 Å². The molecular formula is C19H13N3O4S. The van der Waals surface area contributed by atoms with E-state index in [0.717, 1.165) is 4.91 Å². The number of amides is 1. The minimum absolute atomic E-state index is 0.0418. The van der Waals surface area contributed by atoms with Crippen molar-refractivity contribution in [1.29, 1.82) is 5.41 Å². The number of hydrogen-bond donors (Lipinski definition) is 2. The Kier molecular flexibility index (Phi) is 4.04. The van der Waals surface area contributed by atoms with Crippen molar-refractivity contribution >= 4 is 40.7 Å². The molecule has 0 saturated heterocycles. The van der Waals surface area contributed by atoms with E-state index in [1.807, 2.05) is 6.92 Å². The molecule has 2 N–H and O–H groups in total. The van der Waals surface area contributed by atoms with Gasteiger partial charge in [-0.2, -0.15) is 4.99 Å². The second-order valence-electron chi connectivity index (χ2n) is 5.91. The van der Waals surface area contributed by atoms with Gasteiger partial charge in [0.2, 0.25) is 0 Å². The molecule has 0 spiro atoms. The molecule has 2 aliphatic rings. The zero-order chi connectivity index (χ0) is 19.1. The first-order valence-electron chi connectivity index (χ1n) is 7.95. The molecule has 3 heterocycles. The zero-order valence-electron chi connectivity index (χ0n) is 14.1. The van der Waals surface area contributed by atoms with Crippen LogP contribution in [0.4, 0.5) is 0 Å². The lowest BCUT2D eigenvalue weighted by molar-refractivity contribution is -0.114. The Labute approximate surface area is 158 Å². The van der Waals surface area contributed by atoms with Gasteiger partial charge in [0.1, 0.15) is 17.4 Å². The topological polar surface area (TPSA) is 107 Å². The Morgan fingerprint density at radius 2 is 2.15 bits per heavy atom. The molecule has 0 saturated carbocycles. The maximum Gasteiger partial charge on any atom is 0.335 e. The summed E-state index contributed by atoms with van der Waals surface area (Å²) in [6, 6.07) is 9.73. The number of carbonyl (C=O) groups is 2. The van der Waals surface area contributed by atoms with Crippen LogP contribution in [0.2, 0.25) is 0 Å². The van der Waals surface area contributed by atoms with Crippen LogP contribution in [0.3, 0.4) is 0 Å². The summed E-state index contributed by atoms with van der Waals surface area (Å²) >= 11 is 1.35. The van der Waals surface area contributed by atoms with Crippen LogP contribution in [-0.2, 0) is 4.79 Å². The number of nitrogens with one attached hydrogen (secondary N) is 1. The van der Waals surface area contributed by atoms with Crippen LogP contribution in [0.5, 0.6) is 0 Å². The van der Waals surface area contributed by atoms with E-state index in [4.69, 9.17) is 14.9 Å². The number of nitrogens with zero attached hydrogens (tertiary/aromatic N) is 2. The maximum absolute atomic E-state index is 12.3. The van der Waals surface area contributed by atoms with E-state index in [1.165, 1.54) is 30.0 Å². The third kappa shape index (κ3) is 3.11. The molecule has 0 radical (unpaired) electrons. The number of aromatic carboxylic acids is 1. The second-order valence-corrected chi connectivity index (χ2v) is 7.12. The molecule has 134 valence electrons. The number of carboxylic acids is 1. The van der Waals surface area contributed by atoms with Crippen LogP contribution in [0.25, 0.3) is 17.4 Å². The molecular weight excluding hydrogens is 366 g/mol. The monoisotopic (exact) mass is 379 g/mol. The molecule has 27 heavy (non-hydrogen) atoms. The van der Waals surface area contributed by atoms with Crippen LogP contribution in [0, 0.1) is 5.41 Å². The Morgan fingerprint density at radius 3 is 2.93 bits per heavy atom. The average Bonchev–Trinajstić information content (AvgIpc) is 3.25. The molecule has 8 heteroatoms. The SMILES string of the molecule is CC1=CN2C(=N)C(=Cc3ccc(-c4cccc(C(=O)O)c4)o3)C(=O)N=C2S1. The minimum atomic E-state index is -1.02. The third-order valence-corrected chi connectivity index (χ3v) is 4.90. The Morgan fingerprint density at radius 1 is 1.33 bits per heavy atom. The number of amidine groups is 2. The summed E-state index contributed by atoms with van der Waals surface area (Å²) in [5.41, 5.74) is 0.897. The van der Waals surface area contributed by atoms with Crippen molar-refractivity contribution in [2.75, 3.05) is 0 Å². The number of rotatable bonds is 3. The molecule has 1 aromatic carbocycles. The number of thioether (sulfide) groups is 1. The number of aliphatic imine (C=N–C) groups is 1. The van der Waals surface area contributed by atoms with Gasteiger partial charge in [0.05, 0.1) is 11.1 Å². The Bertz CT molecular complexity index is 1090. The van der Waals surface area contributed by atoms with E-state index in [9.17, 15) is 9.59 Å². The number of carboxylic acid groups (broad SMARTS) is 1. The summed E-state index contributed by atoms with van der Waals surface area (Å²) in [7, 11) is 0. The predicted molar refractivity (Wildman–Crippen MR) is 102 cm³/mol. The molecule has 0 unspecified atom stereocenters. The van der Waals surface area contributed by atoms with Crippen LogP contribution >= 0.6 is 11.8 Å². The van der Waals surface area contributed by atoms with Crippen LogP contribution < -0.4 is 0 Å². The summed E-state index contributed by atoms with van der Waals surface area (Å²) in [6.45, 7) is 1.89. The molecule has 0 aliphatic carbocycles. The second kappa shape index (κ2) is 6.40. The molecule has 2 aromatic rings. The molecule has 4 rings (SSSR count). The van der Waals surface area contributed by atoms with E-state index in [1.54, 1.807) is 35.4 Å². The molecule has 0 fully saturated rings. The maximum atomic E-state index is 12.3. The number of fused-ring (bicyclic) bond motifs is 1. The van der Waals surface area contributed by atoms with Gasteiger partial charge in [-0.05, 0) is 37.3 Å². The van der Waals surface area contributed by atoms with E-state index in [2.05, 4.69) is 4.99 Å². The van der Waals surface area contributed by atoms with Gasteiger partial charge in [-0.1, -0.05) is 23.9 Å². The quantitative estimate of drug-likeness (QED) is 0.785. The lowest BCUT2D eigenvalue weighted by Crippen LogP contribution is -2.35. The van der Waals surface area contributed by atoms with Gasteiger partial charge in [0.25, 0.3) is 5.91 Å². The van der Waals surface area contributed by atoms with Gasteiger partial charge in [-0.25, -0.2) is 4.79 Å². The number of hydrogen-bond acceptors (Lipinski definition) is 5. The van der Waals surface area contributed by atoms with E-state index in [0.29, 0.717) is 22.3 Å². The van der Waals surface area contributed by atoms with Crippen molar-refractivity contribution in [3.8, 4) is 11.3 Å². The van der Waals surface area contributed by atoms with Crippen molar-refractivity contribution in [3.05, 3.63) is 64.4 Å². The summed E-state index contributed by atoms with van der Waals surface area (Å²) in [5, 5.41) is 17.9. The highest BCUT2D eigenvalue weighted by atomic mass is 32.2. The number of furan rings is 1. The van der Waals surface area contributed by atoms with E-state index < -0.39 is 11.9 Å². The summed E-state index contributed by atoms with van der Waals surface area (Å²) in [6.07, 6.45) is 3.23. The molecule has 7 nitrogen and oxygen atoms in total. The fourth-order valence-corrected chi connectivity index (χ4v) is 3.55. The smallest absolute Gasteiger partial charge is 0.335 e. The van der Waals surface area contributed by atoms with Crippen molar-refractivity contribution in [2.45, 2.75) is 6.92 Å². The molecule has 1 aromatic heterocycles. The van der Waals surface area contributed by atoms with Gasteiger partial charge in [0.15, 0.2) is 5.17 Å². The van der Waals surface area contributed by atoms with E-state index in [-0.39, 0.29) is 17.0 Å². The zero-order valence-corrected chi connectivity index (χ0v) is 14.9. The fraction of sp³-hybridized carbons (Fsp3) is 0.0526. The molecule has 1 amide bonds. The molecule has 0 atom stereocenters. The largest absolute Gasteiger partial charge is 0.478 e. The first-order valence-corrected chi connectivity index (χ1v) is 8.77. The third-order valence-electron chi connectivity index (χ3n) is 4.00. The molecule has 0 bridgehead atoms. The number of benzene rings is 1. The van der Waals surface area contributed by atoms with Crippen LogP contribution in [-0.4, -0.2) is 32.9 Å². The predicted octanol–water partition coefficient (Wildman–Crippen LogP) is 3.81. The highest BCUT2D eigenvalue weighted by molar-refractivity contribution is 8.17. The fourth-order valence-electron chi connectivity index (χ4n) is 2.73. The number of allylic oxidation sites excluding steroid dienone is 1. The number of carbonyl (C=O) groups excluding carboxylic acids is 1. The average molecular weight is 379 g/mol. The van der Waals surface area contributed by atoms with Gasteiger partial charge >= 0.3 is 5.97 Å². The van der Waals surface area contributed by atoms with Crippen molar-refractivity contribution < 1.29 is 19.1 Å².